The molecular formula is C42H27N15. The fourth-order valence-corrected chi connectivity index (χ4v) is 7.73. The van der Waals surface area contributed by atoms with Crippen molar-refractivity contribution in [1.82, 2.24) is 62.5 Å². The lowest BCUT2D eigenvalue weighted by atomic mass is 10.2. The molecule has 0 saturated carbocycles. The number of aromatic nitrogens is 13. The lowest BCUT2D eigenvalue weighted by molar-refractivity contribution is 0.958. The van der Waals surface area contributed by atoms with Gasteiger partial charge >= 0.3 is 0 Å². The predicted molar refractivity (Wildman–Crippen MR) is 218 cm³/mol. The Kier molecular flexibility index (Phi) is 6.53. The number of nitrogens with one attached hydrogen (secondary N) is 2. The highest BCUT2D eigenvalue weighted by Gasteiger charge is 2.24. The molecule has 2 N–H and O–H groups in total. The van der Waals surface area contributed by atoms with Crippen molar-refractivity contribution < 1.29 is 0 Å². The molecule has 0 spiro atoms. The normalized spacial score (nSPS) is 11.9. The van der Waals surface area contributed by atoms with Crippen molar-refractivity contribution in [3.8, 4) is 23.3 Å². The van der Waals surface area contributed by atoms with Gasteiger partial charge in [0, 0.05) is 35.6 Å². The van der Waals surface area contributed by atoms with Crippen molar-refractivity contribution in [2.75, 3.05) is 10.6 Å². The molecule has 0 amide bonds. The summed E-state index contributed by atoms with van der Waals surface area (Å²) in [6.45, 7) is 0. The number of imidazole rings is 2. The maximum Gasteiger partial charge on any atom is 0.240 e. The van der Waals surface area contributed by atoms with Gasteiger partial charge in [0.1, 0.15) is 42.3 Å². The summed E-state index contributed by atoms with van der Waals surface area (Å²) >= 11 is 0. The largest absolute Gasteiger partial charge is 0.340 e. The second-order valence-electron chi connectivity index (χ2n) is 13.4. The van der Waals surface area contributed by atoms with E-state index in [0.717, 1.165) is 73.0 Å². The average molecular weight is 742 g/mol. The predicted octanol–water partition coefficient (Wildman–Crippen LogP) is 7.80. The Hall–Kier alpha value is -8.46. The van der Waals surface area contributed by atoms with Crippen LogP contribution < -0.4 is 10.6 Å². The Balaban J connectivity index is 1.02. The number of nitrogens with zero attached hydrogens (tertiary/aromatic N) is 13. The van der Waals surface area contributed by atoms with Crippen molar-refractivity contribution in [3.05, 3.63) is 153 Å². The quantitative estimate of drug-likeness (QED) is 0.158. The lowest BCUT2D eigenvalue weighted by Crippen LogP contribution is -2.10. The molecular weight excluding hydrogens is 715 g/mol. The van der Waals surface area contributed by atoms with Crippen molar-refractivity contribution in [2.24, 2.45) is 0 Å². The first-order chi connectivity index (χ1) is 28.3. The van der Waals surface area contributed by atoms with Crippen molar-refractivity contribution in [2.45, 2.75) is 0 Å². The van der Waals surface area contributed by atoms with Gasteiger partial charge in [0.05, 0.1) is 39.0 Å². The highest BCUT2D eigenvalue weighted by Crippen LogP contribution is 2.37. The van der Waals surface area contributed by atoms with E-state index in [4.69, 9.17) is 19.9 Å². The molecule has 0 aliphatic rings. The molecule has 9 heterocycles. The van der Waals surface area contributed by atoms with Gasteiger partial charge in [-0.1, -0.05) is 24.3 Å². The standard InChI is InChI=1S/C42H27N15/c1-3-19-43-32(13-1)53-21-7-15-34(53)49-30-11-5-9-28-37(30)55(24-47-28)39-26-17-18-27-36(26)57-41(51-39)45-23-46-42(57)52-40(27)56-25-48-29-10-6-12-31(38(29)56)50-35-16-8-22-54(35)33-14-2-4-20-44-33/h1-25,49-50H. The molecule has 15 heteroatoms. The van der Waals surface area contributed by atoms with Crippen LogP contribution in [0.25, 0.3) is 73.2 Å². The van der Waals surface area contributed by atoms with Crippen LogP contribution in [0.5, 0.6) is 0 Å². The Morgan fingerprint density at radius 2 is 0.947 bits per heavy atom. The van der Waals surface area contributed by atoms with Gasteiger partial charge < -0.3 is 10.6 Å². The second-order valence-corrected chi connectivity index (χ2v) is 13.4. The number of hydrogen-bond acceptors (Lipinski definition) is 10. The number of fused-ring (bicyclic) bond motifs is 2. The summed E-state index contributed by atoms with van der Waals surface area (Å²) in [4.78, 5) is 38.2. The molecule has 12 aromatic rings. The Morgan fingerprint density at radius 1 is 0.421 bits per heavy atom. The van der Waals surface area contributed by atoms with Gasteiger partial charge in [0.15, 0.2) is 11.6 Å². The van der Waals surface area contributed by atoms with Crippen LogP contribution in [0.4, 0.5) is 23.0 Å². The fraction of sp³-hybridized carbons (Fsp3) is 0. The third kappa shape index (κ3) is 4.72. The number of pyridine rings is 2. The van der Waals surface area contributed by atoms with Crippen LogP contribution in [0.2, 0.25) is 0 Å². The SMILES string of the molecule is c1ccc(-n2cccc2Nc2cccc3ncn(-c4nc5ncnc6nc(-n7cnc8cccc(Nc9cccn9-c9ccccn9)c87)c7ccc4c7n56)c23)nc1. The van der Waals surface area contributed by atoms with Crippen molar-refractivity contribution in [3.63, 3.8) is 0 Å². The molecule has 0 bridgehead atoms. The smallest absolute Gasteiger partial charge is 0.240 e. The number of para-hydroxylation sites is 2. The van der Waals surface area contributed by atoms with E-state index in [0.29, 0.717) is 23.2 Å². The molecule has 0 aliphatic carbocycles. The van der Waals surface area contributed by atoms with Gasteiger partial charge in [0.2, 0.25) is 11.6 Å². The highest BCUT2D eigenvalue weighted by atomic mass is 15.3. The number of rotatable bonds is 8. The topological polar surface area (TPSA) is 151 Å². The van der Waals surface area contributed by atoms with Gasteiger partial charge in [-0.25, -0.2) is 34.3 Å². The van der Waals surface area contributed by atoms with E-state index in [2.05, 4.69) is 42.7 Å². The van der Waals surface area contributed by atoms with Gasteiger partial charge in [0.25, 0.3) is 0 Å². The Bertz CT molecular complexity index is 3210. The number of benzene rings is 2. The second kappa shape index (κ2) is 12.0. The zero-order valence-electron chi connectivity index (χ0n) is 29.7. The van der Waals surface area contributed by atoms with Crippen LogP contribution in [-0.4, -0.2) is 62.5 Å². The first kappa shape index (κ1) is 30.9. The van der Waals surface area contributed by atoms with Crippen LogP contribution in [0.3, 0.4) is 0 Å². The molecule has 0 aliphatic heterocycles. The third-order valence-electron chi connectivity index (χ3n) is 10.2. The summed E-state index contributed by atoms with van der Waals surface area (Å²) in [5.41, 5.74) is 5.92. The summed E-state index contributed by atoms with van der Waals surface area (Å²) in [6.07, 6.45) is 12.6. The van der Waals surface area contributed by atoms with Gasteiger partial charge in [-0.2, -0.15) is 9.97 Å². The zero-order valence-corrected chi connectivity index (χ0v) is 29.7. The van der Waals surface area contributed by atoms with Gasteiger partial charge in [-0.3, -0.25) is 18.3 Å². The maximum absolute atomic E-state index is 5.12. The van der Waals surface area contributed by atoms with Crippen LogP contribution >= 0.6 is 0 Å². The van der Waals surface area contributed by atoms with Gasteiger partial charge in [-0.15, -0.1) is 0 Å². The number of anilines is 4. The fourth-order valence-electron chi connectivity index (χ4n) is 7.73. The molecule has 15 nitrogen and oxygen atoms in total. The molecule has 0 radical (unpaired) electrons. The summed E-state index contributed by atoms with van der Waals surface area (Å²) < 4.78 is 9.97. The molecule has 270 valence electrons. The van der Waals surface area contributed by atoms with E-state index >= 15 is 0 Å². The minimum absolute atomic E-state index is 0.460. The molecule has 3 aromatic carbocycles. The molecule has 0 fully saturated rings. The van der Waals surface area contributed by atoms with E-state index in [-0.39, 0.29) is 0 Å². The van der Waals surface area contributed by atoms with E-state index < -0.39 is 0 Å². The molecule has 57 heavy (non-hydrogen) atoms. The molecule has 0 atom stereocenters. The monoisotopic (exact) mass is 741 g/mol. The average Bonchev–Trinajstić information content (AvgIpc) is 4.11. The van der Waals surface area contributed by atoms with Crippen LogP contribution in [0, 0.1) is 0 Å². The highest BCUT2D eigenvalue weighted by molar-refractivity contribution is 6.08. The van der Waals surface area contributed by atoms with Crippen LogP contribution in [0.1, 0.15) is 0 Å². The van der Waals surface area contributed by atoms with E-state index in [9.17, 15) is 0 Å². The summed E-state index contributed by atoms with van der Waals surface area (Å²) in [5, 5.41) is 9.05. The van der Waals surface area contributed by atoms with E-state index in [1.54, 1.807) is 12.4 Å². The van der Waals surface area contributed by atoms with E-state index in [1.807, 2.05) is 145 Å². The first-order valence-corrected chi connectivity index (χ1v) is 18.2. The van der Waals surface area contributed by atoms with Gasteiger partial charge in [-0.05, 0) is 84.9 Å². The van der Waals surface area contributed by atoms with Crippen LogP contribution in [0.15, 0.2) is 153 Å². The molecule has 9 aromatic heterocycles. The maximum atomic E-state index is 5.12. The minimum Gasteiger partial charge on any atom is -0.340 e. The van der Waals surface area contributed by atoms with Crippen molar-refractivity contribution in [1.29, 1.82) is 0 Å². The third-order valence-corrected chi connectivity index (χ3v) is 10.2. The Labute approximate surface area is 321 Å². The molecule has 12 rings (SSSR count). The molecule has 0 unspecified atom stereocenters. The first-order valence-electron chi connectivity index (χ1n) is 18.2. The lowest BCUT2D eigenvalue weighted by Gasteiger charge is -2.16. The Morgan fingerprint density at radius 3 is 1.44 bits per heavy atom. The van der Waals surface area contributed by atoms with Crippen molar-refractivity contribution >= 4 is 72.9 Å². The van der Waals surface area contributed by atoms with Crippen LogP contribution in [-0.2, 0) is 0 Å². The summed E-state index contributed by atoms with van der Waals surface area (Å²) in [6, 6.07) is 35.9. The summed E-state index contributed by atoms with van der Waals surface area (Å²) in [7, 11) is 0. The number of hydrogen-bond donors (Lipinski definition) is 2. The summed E-state index contributed by atoms with van der Waals surface area (Å²) in [5.74, 6) is 5.59. The minimum atomic E-state index is 0.460. The molecule has 0 saturated heterocycles. The van der Waals surface area contributed by atoms with E-state index in [1.165, 1.54) is 6.33 Å². The zero-order chi connectivity index (χ0) is 37.5.